The van der Waals surface area contributed by atoms with Crippen LogP contribution in [0.4, 0.5) is 5.69 Å². The second-order valence-corrected chi connectivity index (χ2v) is 11.7. The van der Waals surface area contributed by atoms with Crippen molar-refractivity contribution >= 4 is 27.5 Å². The molecule has 3 fully saturated rings. The van der Waals surface area contributed by atoms with Crippen LogP contribution >= 0.6 is 0 Å². The fraction of sp³-hybridized carbons (Fsp3) is 0.462. The van der Waals surface area contributed by atoms with Gasteiger partial charge in [-0.25, -0.2) is 8.42 Å². The molecule has 10 nitrogen and oxygen atoms in total. The number of hydrogen-bond donors (Lipinski definition) is 2. The van der Waals surface area contributed by atoms with E-state index in [0.29, 0.717) is 31.6 Å². The molecule has 0 spiro atoms. The van der Waals surface area contributed by atoms with Crippen molar-refractivity contribution in [2.24, 2.45) is 5.92 Å². The molecule has 3 aliphatic rings. The highest BCUT2D eigenvalue weighted by atomic mass is 32.2. The summed E-state index contributed by atoms with van der Waals surface area (Å²) in [6.07, 6.45) is 4.15. The molecule has 1 aromatic heterocycles. The Morgan fingerprint density at radius 1 is 1.08 bits per heavy atom. The molecule has 11 heteroatoms. The number of hydrogen-bond acceptors (Lipinski definition) is 7. The van der Waals surface area contributed by atoms with E-state index in [2.05, 4.69) is 22.1 Å². The number of carbonyl (C=O) groups is 2. The van der Waals surface area contributed by atoms with Crippen LogP contribution in [0, 0.1) is 5.92 Å². The summed E-state index contributed by atoms with van der Waals surface area (Å²) in [6, 6.07) is 9.58. The summed E-state index contributed by atoms with van der Waals surface area (Å²) in [5.41, 5.74) is 0.472. The van der Waals surface area contributed by atoms with E-state index in [-0.39, 0.29) is 41.0 Å². The number of anilines is 1. The fourth-order valence-electron chi connectivity index (χ4n) is 5.23. The molecule has 37 heavy (non-hydrogen) atoms. The van der Waals surface area contributed by atoms with Crippen LogP contribution in [0.3, 0.4) is 0 Å². The number of likely N-dealkylation sites (tertiary alicyclic amines) is 1. The van der Waals surface area contributed by atoms with Crippen LogP contribution in [-0.2, 0) is 26.1 Å². The van der Waals surface area contributed by atoms with Gasteiger partial charge in [0.2, 0.25) is 15.9 Å². The van der Waals surface area contributed by atoms with Crippen LogP contribution in [-0.4, -0.2) is 67.9 Å². The van der Waals surface area contributed by atoms with E-state index in [9.17, 15) is 18.0 Å². The van der Waals surface area contributed by atoms with Crippen molar-refractivity contribution in [1.29, 1.82) is 0 Å². The van der Waals surface area contributed by atoms with Gasteiger partial charge in [0.15, 0.2) is 5.76 Å². The minimum atomic E-state index is -3.74. The zero-order chi connectivity index (χ0) is 26.0. The third kappa shape index (κ3) is 5.80. The number of nitrogens with zero attached hydrogens (tertiary/aromatic N) is 2. The lowest BCUT2D eigenvalue weighted by Crippen LogP contribution is -2.45. The van der Waals surface area contributed by atoms with Gasteiger partial charge >= 0.3 is 0 Å². The quantitative estimate of drug-likeness (QED) is 0.505. The lowest BCUT2D eigenvalue weighted by atomic mass is 9.94. The molecule has 2 N–H and O–H groups in total. The third-order valence-electron chi connectivity index (χ3n) is 7.22. The largest absolute Gasteiger partial charge is 0.455 e. The van der Waals surface area contributed by atoms with Gasteiger partial charge in [0.25, 0.3) is 5.91 Å². The number of benzene rings is 1. The maximum absolute atomic E-state index is 13.3. The Balaban J connectivity index is 1.17. The average Bonchev–Trinajstić information content (AvgIpc) is 3.65. The summed E-state index contributed by atoms with van der Waals surface area (Å²) in [5.74, 6) is 0.458. The summed E-state index contributed by atoms with van der Waals surface area (Å²) < 4.78 is 39.6. The fourth-order valence-corrected chi connectivity index (χ4v) is 6.70. The van der Waals surface area contributed by atoms with Crippen molar-refractivity contribution in [1.82, 2.24) is 14.5 Å². The van der Waals surface area contributed by atoms with Crippen LogP contribution in [0.5, 0.6) is 0 Å². The lowest BCUT2D eigenvalue weighted by molar-refractivity contribution is -0.120. The first kappa shape index (κ1) is 25.7. The van der Waals surface area contributed by atoms with E-state index in [1.54, 1.807) is 18.2 Å². The predicted molar refractivity (Wildman–Crippen MR) is 136 cm³/mol. The molecule has 5 rings (SSSR count). The Morgan fingerprint density at radius 2 is 1.84 bits per heavy atom. The Bertz CT molecular complexity index is 1250. The first-order valence-corrected chi connectivity index (χ1v) is 14.1. The first-order valence-electron chi connectivity index (χ1n) is 12.6. The highest BCUT2D eigenvalue weighted by Gasteiger charge is 2.42. The maximum Gasteiger partial charge on any atom is 0.291 e. The molecular weight excluding hydrogens is 496 g/mol. The summed E-state index contributed by atoms with van der Waals surface area (Å²) in [6.45, 7) is 6.82. The number of carbonyl (C=O) groups excluding carboxylic acids is 2. The number of piperidine rings is 1. The average molecular weight is 529 g/mol. The molecule has 3 saturated heterocycles. The molecule has 198 valence electrons. The molecule has 2 aromatic rings. The van der Waals surface area contributed by atoms with Gasteiger partial charge in [-0.05, 0) is 87.2 Å². The molecule has 1 aromatic carbocycles. The zero-order valence-corrected chi connectivity index (χ0v) is 21.4. The van der Waals surface area contributed by atoms with Crippen molar-refractivity contribution in [3.8, 4) is 0 Å². The molecule has 0 bridgehead atoms. The molecule has 0 radical (unpaired) electrons. The van der Waals surface area contributed by atoms with E-state index in [1.807, 2.05) is 6.07 Å². The summed E-state index contributed by atoms with van der Waals surface area (Å²) in [5, 5.41) is 5.49. The van der Waals surface area contributed by atoms with Crippen molar-refractivity contribution < 1.29 is 27.2 Å². The molecule has 4 heterocycles. The summed E-state index contributed by atoms with van der Waals surface area (Å²) >= 11 is 0. The predicted octanol–water partition coefficient (Wildman–Crippen LogP) is 2.56. The Morgan fingerprint density at radius 3 is 2.57 bits per heavy atom. The second-order valence-electron chi connectivity index (χ2n) is 9.75. The molecule has 3 atom stereocenters. The number of fused-ring (bicyclic) bond motifs is 1. The summed E-state index contributed by atoms with van der Waals surface area (Å²) in [4.78, 5) is 26.6. The lowest BCUT2D eigenvalue weighted by Gasteiger charge is -2.33. The third-order valence-corrected chi connectivity index (χ3v) is 9.10. The number of rotatable bonds is 8. The van der Waals surface area contributed by atoms with Gasteiger partial charge in [-0.2, -0.15) is 4.31 Å². The molecule has 2 amide bonds. The second kappa shape index (κ2) is 10.8. The molecule has 3 aliphatic heterocycles. The molecule has 0 saturated carbocycles. The smallest absolute Gasteiger partial charge is 0.291 e. The number of ether oxygens (including phenoxy) is 1. The Kier molecular flexibility index (Phi) is 7.47. The van der Waals surface area contributed by atoms with Crippen LogP contribution in [0.25, 0.3) is 0 Å². The van der Waals surface area contributed by atoms with E-state index in [4.69, 9.17) is 9.15 Å². The van der Waals surface area contributed by atoms with E-state index < -0.39 is 16.3 Å². The normalized spacial score (nSPS) is 24.5. The molecule has 0 aliphatic carbocycles. The molecule has 3 unspecified atom stereocenters. The van der Waals surface area contributed by atoms with E-state index >= 15 is 0 Å². The standard InChI is InChI=1S/C26H32N4O6S/c1-2-24(31)28-25-15-18-11-14-30(17-23(18)36-25)37(33,34)21-8-5-19(6-9-21)27-26(32)22-10-7-20(35-22)16-29-12-3-4-13-29/h2,5-10,18,23,25H,1,3-4,11-17H2,(H,27,32)(H,28,31). The minimum absolute atomic E-state index is 0.143. The van der Waals surface area contributed by atoms with Gasteiger partial charge in [-0.3, -0.25) is 14.5 Å². The van der Waals surface area contributed by atoms with Crippen molar-refractivity contribution in [2.45, 2.75) is 49.5 Å². The number of amides is 2. The van der Waals surface area contributed by atoms with Crippen LogP contribution in [0.15, 0.2) is 58.4 Å². The van der Waals surface area contributed by atoms with Gasteiger partial charge in [-0.15, -0.1) is 0 Å². The van der Waals surface area contributed by atoms with Gasteiger partial charge in [-0.1, -0.05) is 6.58 Å². The monoisotopic (exact) mass is 528 g/mol. The molecular formula is C26H32N4O6S. The van der Waals surface area contributed by atoms with Gasteiger partial charge in [0.1, 0.15) is 12.0 Å². The zero-order valence-electron chi connectivity index (χ0n) is 20.6. The first-order chi connectivity index (χ1) is 17.8. The number of furan rings is 1. The van der Waals surface area contributed by atoms with E-state index in [1.165, 1.54) is 35.4 Å². The Hall–Kier alpha value is -2.99. The summed E-state index contributed by atoms with van der Waals surface area (Å²) in [7, 11) is -3.74. The SMILES string of the molecule is C=CC(=O)NC1CC2CCN(S(=O)(=O)c3ccc(NC(=O)c4ccc(CN5CCCC5)o4)cc3)CC2O1. The van der Waals surface area contributed by atoms with Crippen LogP contribution < -0.4 is 10.6 Å². The van der Waals surface area contributed by atoms with Crippen molar-refractivity contribution in [3.63, 3.8) is 0 Å². The van der Waals surface area contributed by atoms with Crippen molar-refractivity contribution in [3.05, 3.63) is 60.6 Å². The van der Waals surface area contributed by atoms with Gasteiger partial charge in [0, 0.05) is 18.8 Å². The van der Waals surface area contributed by atoms with Gasteiger partial charge in [0.05, 0.1) is 17.5 Å². The highest BCUT2D eigenvalue weighted by Crippen LogP contribution is 2.34. The maximum atomic E-state index is 13.3. The van der Waals surface area contributed by atoms with Gasteiger partial charge < -0.3 is 19.8 Å². The number of nitrogens with one attached hydrogen (secondary N) is 2. The van der Waals surface area contributed by atoms with Crippen LogP contribution in [0.1, 0.15) is 42.0 Å². The highest BCUT2D eigenvalue weighted by molar-refractivity contribution is 7.89. The van der Waals surface area contributed by atoms with Crippen LogP contribution in [0.2, 0.25) is 0 Å². The number of sulfonamides is 1. The van der Waals surface area contributed by atoms with E-state index in [0.717, 1.165) is 18.8 Å². The topological polar surface area (TPSA) is 121 Å². The van der Waals surface area contributed by atoms with Crippen molar-refractivity contribution in [2.75, 3.05) is 31.5 Å². The minimum Gasteiger partial charge on any atom is -0.455 e. The Labute approximate surface area is 216 Å².